The van der Waals surface area contributed by atoms with Crippen molar-refractivity contribution in [1.82, 2.24) is 0 Å². The molecule has 0 spiro atoms. The Morgan fingerprint density at radius 1 is 0.640 bits per heavy atom. The summed E-state index contributed by atoms with van der Waals surface area (Å²) in [7, 11) is 0. The molecule has 0 saturated heterocycles. The van der Waals surface area contributed by atoms with E-state index in [-0.39, 0.29) is 0 Å². The summed E-state index contributed by atoms with van der Waals surface area (Å²) in [4.78, 5) is 8.56. The molecule has 0 aliphatic heterocycles. The van der Waals surface area contributed by atoms with Crippen molar-refractivity contribution in [3.63, 3.8) is 0 Å². The van der Waals surface area contributed by atoms with Crippen LogP contribution in [0.3, 0.4) is 0 Å². The van der Waals surface area contributed by atoms with Gasteiger partial charge in [0.1, 0.15) is 0 Å². The largest absolute Gasteiger partial charge is 0.503 e. The van der Waals surface area contributed by atoms with E-state index >= 15 is 0 Å². The monoisotopic (exact) mass is 408 g/mol. The fraction of sp³-hybridized carbons (Fsp3) is 0.667. The zero-order chi connectivity index (χ0) is 21.3. The highest BCUT2D eigenvalue weighted by Crippen LogP contribution is 2.60. The number of carboxylic acid groups (broad SMARTS) is 2. The molecule has 0 fully saturated rings. The lowest BCUT2D eigenvalue weighted by Crippen LogP contribution is -2.69. The van der Waals surface area contributed by atoms with Crippen LogP contribution in [0.25, 0.3) is 0 Å². The molecule has 16 heteroatoms. The van der Waals surface area contributed by atoms with Crippen LogP contribution in [0.1, 0.15) is 0 Å². The van der Waals surface area contributed by atoms with Crippen molar-refractivity contribution in [2.75, 3.05) is 0 Å². The highest BCUT2D eigenvalue weighted by atomic mass is 19.4. The minimum Gasteiger partial charge on any atom is -0.450 e. The fourth-order valence-corrected chi connectivity index (χ4v) is 0.910. The van der Waals surface area contributed by atoms with Gasteiger partial charge >= 0.3 is 41.9 Å². The maximum absolute atomic E-state index is 12.7. The van der Waals surface area contributed by atoms with Crippen LogP contribution in [0.2, 0.25) is 0 Å². The Balaban J connectivity index is 0. The van der Waals surface area contributed by atoms with Gasteiger partial charge in [-0.1, -0.05) is 6.58 Å². The van der Waals surface area contributed by atoms with Crippen molar-refractivity contribution in [2.45, 2.75) is 35.8 Å². The second kappa shape index (κ2) is 6.78. The van der Waals surface area contributed by atoms with Gasteiger partial charge in [0.05, 0.1) is 0 Å². The Morgan fingerprint density at radius 3 is 1.08 bits per heavy atom. The summed E-state index contributed by atoms with van der Waals surface area (Å²) in [6.45, 7) is 1.89. The zero-order valence-electron chi connectivity index (χ0n) is 11.0. The molecule has 0 aromatic heterocycles. The predicted molar refractivity (Wildman–Crippen MR) is 51.6 cm³/mol. The van der Waals surface area contributed by atoms with E-state index in [0.29, 0.717) is 0 Å². The van der Waals surface area contributed by atoms with Crippen molar-refractivity contribution in [2.24, 2.45) is 0 Å². The highest BCUT2D eigenvalue weighted by Gasteiger charge is 2.90. The first-order valence-electron chi connectivity index (χ1n) is 5.06. The Bertz CT molecular complexity index is 489. The number of hydrogen-bond donors (Lipinski definition) is 2. The molecule has 150 valence electrons. The van der Waals surface area contributed by atoms with Gasteiger partial charge in [-0.3, -0.25) is 0 Å². The van der Waals surface area contributed by atoms with Gasteiger partial charge in [-0.15, -0.1) is 0 Å². The van der Waals surface area contributed by atoms with Gasteiger partial charge in [0.15, 0.2) is 0 Å². The predicted octanol–water partition coefficient (Wildman–Crippen LogP) is 5.13. The van der Waals surface area contributed by atoms with Crippen LogP contribution in [0.15, 0.2) is 12.7 Å². The Kier molecular flexibility index (Phi) is 6.87. The summed E-state index contributed by atoms with van der Waals surface area (Å²) in [5.41, 5.74) is 0. The van der Waals surface area contributed by atoms with Gasteiger partial charge in [0.25, 0.3) is 0 Å². The second-order valence-corrected chi connectivity index (χ2v) is 3.90. The van der Waals surface area contributed by atoms with E-state index < -0.39 is 48.0 Å². The normalized spacial score (nSPS) is 14.4. The lowest BCUT2D eigenvalue weighted by atomic mass is 9.94. The minimum atomic E-state index is -7.85. The third-order valence-corrected chi connectivity index (χ3v) is 2.21. The van der Waals surface area contributed by atoms with Gasteiger partial charge in [-0.25, -0.2) is 4.79 Å². The molecule has 0 aliphatic carbocycles. The maximum Gasteiger partial charge on any atom is 0.503 e. The van der Waals surface area contributed by atoms with Gasteiger partial charge in [0.2, 0.25) is 0 Å². The molecule has 25 heavy (non-hydrogen) atoms. The number of rotatable bonds is 5. The lowest BCUT2D eigenvalue weighted by molar-refractivity contribution is -0.436. The summed E-state index contributed by atoms with van der Waals surface area (Å²) in [6.07, 6.45) is -10.5. The van der Waals surface area contributed by atoms with Crippen molar-refractivity contribution < 1.29 is 72.1 Å². The van der Waals surface area contributed by atoms with Crippen LogP contribution < -0.4 is 0 Å². The van der Waals surface area contributed by atoms with E-state index in [0.717, 1.165) is 0 Å². The van der Waals surface area contributed by atoms with E-state index in [1.807, 2.05) is 6.58 Å². The average Bonchev–Trinajstić information content (AvgIpc) is 2.35. The first-order chi connectivity index (χ1) is 10.5. The summed E-state index contributed by atoms with van der Waals surface area (Å²) in [5, 5.41) is 13.9. The van der Waals surface area contributed by atoms with Gasteiger partial charge in [-0.2, -0.15) is 57.1 Å². The van der Waals surface area contributed by atoms with Crippen LogP contribution in [0.4, 0.5) is 61.9 Å². The van der Waals surface area contributed by atoms with Crippen LogP contribution in [0.5, 0.6) is 0 Å². The Morgan fingerprint density at radius 2 is 0.880 bits per heavy atom. The number of carbonyl (C=O) groups is 1. The zero-order valence-corrected chi connectivity index (χ0v) is 11.0. The van der Waals surface area contributed by atoms with Gasteiger partial charge < -0.3 is 10.2 Å². The third kappa shape index (κ3) is 4.20. The van der Waals surface area contributed by atoms with E-state index in [4.69, 9.17) is 15.0 Å². The second-order valence-electron chi connectivity index (χ2n) is 3.90. The summed E-state index contributed by atoms with van der Waals surface area (Å²) in [5.74, 6) is -36.7. The molecule has 2 N–H and O–H groups in total. The molecular weight excluding hydrogens is 403 g/mol. The van der Waals surface area contributed by atoms with Crippen molar-refractivity contribution in [3.8, 4) is 0 Å². The molecule has 0 bridgehead atoms. The summed E-state index contributed by atoms with van der Waals surface area (Å²) in [6, 6.07) is 0. The molecule has 0 aliphatic rings. The van der Waals surface area contributed by atoms with Gasteiger partial charge in [0, 0.05) is 0 Å². The Hall–Kier alpha value is -1.90. The van der Waals surface area contributed by atoms with Crippen LogP contribution in [0, 0.1) is 0 Å². The fourth-order valence-electron chi connectivity index (χ4n) is 0.910. The molecule has 0 aromatic carbocycles. The van der Waals surface area contributed by atoms with Crippen molar-refractivity contribution >= 4 is 6.16 Å². The molecule has 0 radical (unpaired) electrons. The summed E-state index contributed by atoms with van der Waals surface area (Å²) < 4.78 is 160. The van der Waals surface area contributed by atoms with Crippen molar-refractivity contribution in [1.29, 1.82) is 0 Å². The molecule has 0 amide bonds. The maximum atomic E-state index is 12.7. The number of halogens is 13. The van der Waals surface area contributed by atoms with E-state index in [1.165, 1.54) is 0 Å². The summed E-state index contributed by atoms with van der Waals surface area (Å²) >= 11 is 0. The molecule has 3 nitrogen and oxygen atoms in total. The molecule has 0 heterocycles. The number of hydrogen-bond acceptors (Lipinski definition) is 1. The van der Waals surface area contributed by atoms with E-state index in [2.05, 4.69) is 0 Å². The SMILES string of the molecule is C=CC(F)(F)C(F)(F)C(F)(F)C(F)(F)C(F)(F)C(F)(F)F.O=C(O)O. The smallest absolute Gasteiger partial charge is 0.450 e. The van der Waals surface area contributed by atoms with Crippen LogP contribution in [-0.4, -0.2) is 52.2 Å². The molecule has 0 atom stereocenters. The van der Waals surface area contributed by atoms with E-state index in [1.54, 1.807) is 0 Å². The topological polar surface area (TPSA) is 57.5 Å². The van der Waals surface area contributed by atoms with Crippen LogP contribution in [-0.2, 0) is 0 Å². The molecule has 0 rings (SSSR count). The van der Waals surface area contributed by atoms with Gasteiger partial charge in [-0.05, 0) is 6.08 Å². The first-order valence-corrected chi connectivity index (χ1v) is 5.06. The first kappa shape index (κ1) is 25.3. The molecule has 0 saturated carbocycles. The minimum absolute atomic E-state index is 1.29. The average molecular weight is 408 g/mol. The van der Waals surface area contributed by atoms with Crippen LogP contribution >= 0.6 is 0 Å². The van der Waals surface area contributed by atoms with Crippen molar-refractivity contribution in [3.05, 3.63) is 12.7 Å². The quantitative estimate of drug-likeness (QED) is 0.490. The highest BCUT2D eigenvalue weighted by molar-refractivity contribution is 5.53. The molecular formula is C9H5F13O3. The number of allylic oxidation sites excluding steroid dienone is 1. The lowest BCUT2D eigenvalue weighted by Gasteiger charge is -2.38. The standard InChI is InChI=1S/C8H3F13.CH2O3/c1-2-3(9,10)4(11,12)5(13,14)6(15,16)7(17,18)8(19,20)21;2-1(3)4/h2H,1H2;(H2,2,3,4). The number of alkyl halides is 13. The Labute approximate surface area is 128 Å². The third-order valence-electron chi connectivity index (χ3n) is 2.21. The molecule has 0 aromatic rings. The molecule has 0 unspecified atom stereocenters. The van der Waals surface area contributed by atoms with E-state index in [9.17, 15) is 57.1 Å².